The molecule has 0 fully saturated rings. The highest BCUT2D eigenvalue weighted by atomic mass is 35.5. The number of halogens is 1. The first-order valence-electron chi connectivity index (χ1n) is 8.06. The fraction of sp³-hybridized carbons (Fsp3) is 0.750. The zero-order valence-corrected chi connectivity index (χ0v) is 16.1. The number of rotatable bonds is 9. The second kappa shape index (κ2) is 10.2. The minimum Gasteiger partial charge on any atom is -0.444 e. The number of ether oxygens (including phenoxy) is 1. The van der Waals surface area contributed by atoms with Crippen molar-refractivity contribution >= 4 is 35.3 Å². The standard InChI is InChI=1S/C16H28ClN3O5/c1-9(2)6-7-11(21)13(17)20-14(23)10(8-12(18)22)19-15(24)25-16(3,4)5/h9-10,13H,6-8H2,1-5H3,(H2,18,22)(H,19,24)(H,20,23)/t10-,13?/m0/s1. The molecule has 0 heterocycles. The Balaban J connectivity index is 4.80. The smallest absolute Gasteiger partial charge is 0.408 e. The Morgan fingerprint density at radius 3 is 2.12 bits per heavy atom. The van der Waals surface area contributed by atoms with Crippen LogP contribution in [-0.4, -0.2) is 40.8 Å². The van der Waals surface area contributed by atoms with Gasteiger partial charge in [0.2, 0.25) is 11.8 Å². The number of alkyl halides is 1. The summed E-state index contributed by atoms with van der Waals surface area (Å²) in [4.78, 5) is 47.0. The lowest BCUT2D eigenvalue weighted by atomic mass is 10.1. The quantitative estimate of drug-likeness (QED) is 0.413. The summed E-state index contributed by atoms with van der Waals surface area (Å²) in [5, 5.41) is 4.53. The molecule has 8 nitrogen and oxygen atoms in total. The Labute approximate surface area is 153 Å². The topological polar surface area (TPSA) is 128 Å². The van der Waals surface area contributed by atoms with Gasteiger partial charge in [0.1, 0.15) is 11.6 Å². The summed E-state index contributed by atoms with van der Waals surface area (Å²) >= 11 is 5.89. The second-order valence-corrected chi connectivity index (χ2v) is 7.58. The molecule has 0 saturated carbocycles. The number of hydrogen-bond donors (Lipinski definition) is 3. The van der Waals surface area contributed by atoms with Gasteiger partial charge in [-0.1, -0.05) is 25.4 Å². The van der Waals surface area contributed by atoms with E-state index in [2.05, 4.69) is 10.6 Å². The summed E-state index contributed by atoms with van der Waals surface area (Å²) in [6.07, 6.45) is -0.481. The van der Waals surface area contributed by atoms with Crippen LogP contribution in [0.1, 0.15) is 53.9 Å². The Morgan fingerprint density at radius 2 is 1.68 bits per heavy atom. The van der Waals surface area contributed by atoms with E-state index in [1.54, 1.807) is 20.8 Å². The van der Waals surface area contributed by atoms with Crippen LogP contribution in [0.4, 0.5) is 4.79 Å². The fourth-order valence-electron chi connectivity index (χ4n) is 1.72. The zero-order valence-electron chi connectivity index (χ0n) is 15.3. The average Bonchev–Trinajstić information content (AvgIpc) is 2.41. The lowest BCUT2D eigenvalue weighted by Crippen LogP contribution is -2.52. The molecule has 2 atom stereocenters. The summed E-state index contributed by atoms with van der Waals surface area (Å²) in [6.45, 7) is 8.87. The maximum atomic E-state index is 12.2. The number of nitrogens with two attached hydrogens (primary N) is 1. The maximum Gasteiger partial charge on any atom is 0.408 e. The molecule has 25 heavy (non-hydrogen) atoms. The van der Waals surface area contributed by atoms with Crippen LogP contribution >= 0.6 is 11.6 Å². The normalized spacial score (nSPS) is 13.7. The third-order valence-electron chi connectivity index (χ3n) is 2.93. The number of amides is 3. The van der Waals surface area contributed by atoms with Crippen LogP contribution in [0, 0.1) is 5.92 Å². The summed E-state index contributed by atoms with van der Waals surface area (Å²) in [6, 6.07) is -1.29. The molecule has 4 N–H and O–H groups in total. The van der Waals surface area contributed by atoms with E-state index in [0.717, 1.165) is 0 Å². The monoisotopic (exact) mass is 377 g/mol. The van der Waals surface area contributed by atoms with Crippen LogP contribution in [0.2, 0.25) is 0 Å². The molecule has 0 aromatic carbocycles. The lowest BCUT2D eigenvalue weighted by molar-refractivity contribution is -0.129. The molecule has 3 amide bonds. The van der Waals surface area contributed by atoms with Gasteiger partial charge in [0.15, 0.2) is 11.3 Å². The first-order valence-corrected chi connectivity index (χ1v) is 8.50. The van der Waals surface area contributed by atoms with E-state index in [1.807, 2.05) is 13.8 Å². The summed E-state index contributed by atoms with van der Waals surface area (Å²) in [5.41, 5.74) is 3.07. The number of primary amides is 1. The van der Waals surface area contributed by atoms with E-state index in [4.69, 9.17) is 22.1 Å². The predicted octanol–water partition coefficient (Wildman–Crippen LogP) is 1.44. The molecule has 9 heteroatoms. The van der Waals surface area contributed by atoms with Gasteiger partial charge in [-0.15, -0.1) is 0 Å². The first kappa shape index (κ1) is 23.2. The van der Waals surface area contributed by atoms with E-state index >= 15 is 0 Å². The largest absolute Gasteiger partial charge is 0.444 e. The van der Waals surface area contributed by atoms with Gasteiger partial charge in [0.05, 0.1) is 6.42 Å². The summed E-state index contributed by atoms with van der Waals surface area (Å²) in [7, 11) is 0. The molecule has 0 aliphatic heterocycles. The van der Waals surface area contributed by atoms with Gasteiger partial charge >= 0.3 is 6.09 Å². The maximum absolute atomic E-state index is 12.2. The second-order valence-electron chi connectivity index (χ2n) is 7.14. The molecule has 0 aliphatic rings. The number of nitrogens with one attached hydrogen (secondary N) is 2. The number of alkyl carbamates (subject to hydrolysis) is 1. The number of Topliss-reactive ketones (excluding diaryl/α,β-unsaturated/α-hetero) is 1. The van der Waals surface area contributed by atoms with Crippen molar-refractivity contribution in [2.45, 2.75) is 71.0 Å². The van der Waals surface area contributed by atoms with Crippen LogP contribution in [-0.2, 0) is 19.1 Å². The van der Waals surface area contributed by atoms with Gasteiger partial charge in [-0.3, -0.25) is 14.4 Å². The van der Waals surface area contributed by atoms with Crippen LogP contribution in [0.3, 0.4) is 0 Å². The van der Waals surface area contributed by atoms with E-state index in [0.29, 0.717) is 12.3 Å². The van der Waals surface area contributed by atoms with E-state index in [9.17, 15) is 19.2 Å². The summed E-state index contributed by atoms with van der Waals surface area (Å²) < 4.78 is 5.04. The minimum absolute atomic E-state index is 0.214. The van der Waals surface area contributed by atoms with Crippen molar-refractivity contribution in [3.8, 4) is 0 Å². The number of carbonyl (C=O) groups excluding carboxylic acids is 4. The number of carbonyl (C=O) groups is 4. The summed E-state index contributed by atoms with van der Waals surface area (Å²) in [5.74, 6) is -1.62. The van der Waals surface area contributed by atoms with Crippen LogP contribution in [0.5, 0.6) is 0 Å². The van der Waals surface area contributed by atoms with Gasteiger partial charge in [0, 0.05) is 6.42 Å². The van der Waals surface area contributed by atoms with E-state index in [1.165, 1.54) is 0 Å². The Hall–Kier alpha value is -1.83. The Kier molecular flexibility index (Phi) is 9.48. The first-order chi connectivity index (χ1) is 11.3. The molecular formula is C16H28ClN3O5. The van der Waals surface area contributed by atoms with Gasteiger partial charge in [-0.2, -0.15) is 0 Å². The zero-order chi connectivity index (χ0) is 19.8. The molecule has 0 saturated heterocycles. The molecule has 0 aromatic heterocycles. The SMILES string of the molecule is CC(C)CCC(=O)C(Cl)NC(=O)[C@H](CC(N)=O)NC(=O)OC(C)(C)C. The van der Waals surface area contributed by atoms with Crippen molar-refractivity contribution < 1.29 is 23.9 Å². The van der Waals surface area contributed by atoms with Crippen LogP contribution in [0.25, 0.3) is 0 Å². The molecule has 0 spiro atoms. The van der Waals surface area contributed by atoms with Gasteiger partial charge in [-0.25, -0.2) is 4.79 Å². The molecule has 0 bridgehead atoms. The van der Waals surface area contributed by atoms with Crippen molar-refractivity contribution in [2.24, 2.45) is 11.7 Å². The number of ketones is 1. The van der Waals surface area contributed by atoms with Crippen molar-refractivity contribution in [3.05, 3.63) is 0 Å². The molecular weight excluding hydrogens is 350 g/mol. The third kappa shape index (κ3) is 11.4. The number of hydrogen-bond acceptors (Lipinski definition) is 5. The highest BCUT2D eigenvalue weighted by molar-refractivity contribution is 6.31. The van der Waals surface area contributed by atoms with Crippen LogP contribution < -0.4 is 16.4 Å². The van der Waals surface area contributed by atoms with Crippen LogP contribution in [0.15, 0.2) is 0 Å². The Morgan fingerprint density at radius 1 is 1.12 bits per heavy atom. The Bertz CT molecular complexity index is 502. The van der Waals surface area contributed by atoms with Gasteiger partial charge < -0.3 is 21.1 Å². The van der Waals surface area contributed by atoms with E-state index < -0.39 is 41.5 Å². The molecule has 144 valence electrons. The van der Waals surface area contributed by atoms with Crippen molar-refractivity contribution in [1.82, 2.24) is 10.6 Å². The molecule has 1 unspecified atom stereocenters. The molecule has 0 aliphatic carbocycles. The average molecular weight is 378 g/mol. The third-order valence-corrected chi connectivity index (χ3v) is 3.29. The van der Waals surface area contributed by atoms with Crippen molar-refractivity contribution in [3.63, 3.8) is 0 Å². The molecule has 0 radical (unpaired) electrons. The minimum atomic E-state index is -1.29. The molecule has 0 rings (SSSR count). The predicted molar refractivity (Wildman–Crippen MR) is 93.8 cm³/mol. The fourth-order valence-corrected chi connectivity index (χ4v) is 1.94. The highest BCUT2D eigenvalue weighted by Gasteiger charge is 2.28. The van der Waals surface area contributed by atoms with Gasteiger partial charge in [-0.05, 0) is 33.1 Å². The van der Waals surface area contributed by atoms with Crippen molar-refractivity contribution in [2.75, 3.05) is 0 Å². The van der Waals surface area contributed by atoms with Gasteiger partial charge in [0.25, 0.3) is 0 Å². The molecule has 0 aromatic rings. The highest BCUT2D eigenvalue weighted by Crippen LogP contribution is 2.09. The van der Waals surface area contributed by atoms with Crippen molar-refractivity contribution in [1.29, 1.82) is 0 Å². The lowest BCUT2D eigenvalue weighted by Gasteiger charge is -2.23. The van der Waals surface area contributed by atoms with E-state index in [-0.39, 0.29) is 12.2 Å².